The van der Waals surface area contributed by atoms with Gasteiger partial charge in [-0.15, -0.1) is 6.58 Å². The molecule has 1 aliphatic rings. The molecule has 1 aliphatic carbocycles. The zero-order valence-electron chi connectivity index (χ0n) is 7.64. The minimum Gasteiger partial charge on any atom is -0.466 e. The average Bonchev–Trinajstić information content (AvgIpc) is 1.97. The minimum atomic E-state index is -0.197. The van der Waals surface area contributed by atoms with Crippen LogP contribution in [0.2, 0.25) is 0 Å². The van der Waals surface area contributed by atoms with Gasteiger partial charge in [-0.05, 0) is 26.2 Å². The molecule has 0 amide bonds. The van der Waals surface area contributed by atoms with E-state index in [1.54, 1.807) is 0 Å². The summed E-state index contributed by atoms with van der Waals surface area (Å²) in [5.74, 6) is -0.0313. The lowest BCUT2D eigenvalue weighted by Crippen LogP contribution is -2.38. The molecule has 12 heavy (non-hydrogen) atoms. The Hall–Kier alpha value is -0.790. The Morgan fingerprint density at radius 2 is 2.33 bits per heavy atom. The van der Waals surface area contributed by atoms with Crippen LogP contribution in [0.1, 0.15) is 32.6 Å². The third-order valence-electron chi connectivity index (χ3n) is 2.55. The fourth-order valence-corrected chi connectivity index (χ4v) is 1.66. The normalized spacial score (nSPS) is 19.4. The Bertz CT molecular complexity index is 180. The molecule has 0 heterocycles. The lowest BCUT2D eigenvalue weighted by molar-refractivity contribution is -0.160. The Balaban J connectivity index is 2.53. The summed E-state index contributed by atoms with van der Waals surface area (Å²) < 4.78 is 5.02. The van der Waals surface area contributed by atoms with Crippen molar-refractivity contribution in [2.24, 2.45) is 5.41 Å². The first kappa shape index (κ1) is 9.30. The molecule has 0 N–H and O–H groups in total. The van der Waals surface area contributed by atoms with Crippen molar-refractivity contribution in [3.63, 3.8) is 0 Å². The highest BCUT2D eigenvalue weighted by molar-refractivity contribution is 5.78. The summed E-state index contributed by atoms with van der Waals surface area (Å²) in [4.78, 5) is 11.5. The number of allylic oxidation sites excluding steroid dienone is 1. The van der Waals surface area contributed by atoms with Crippen LogP contribution in [0, 0.1) is 5.41 Å². The van der Waals surface area contributed by atoms with Gasteiger partial charge in [0, 0.05) is 0 Å². The van der Waals surface area contributed by atoms with E-state index in [1.165, 1.54) is 0 Å². The van der Waals surface area contributed by atoms with Gasteiger partial charge in [-0.25, -0.2) is 0 Å². The van der Waals surface area contributed by atoms with Crippen molar-refractivity contribution in [1.29, 1.82) is 0 Å². The van der Waals surface area contributed by atoms with Crippen molar-refractivity contribution < 1.29 is 9.53 Å². The number of hydrogen-bond donors (Lipinski definition) is 0. The fourth-order valence-electron chi connectivity index (χ4n) is 1.66. The van der Waals surface area contributed by atoms with Gasteiger partial charge in [0.05, 0.1) is 12.0 Å². The maximum absolute atomic E-state index is 11.5. The van der Waals surface area contributed by atoms with E-state index in [0.717, 1.165) is 25.7 Å². The largest absolute Gasteiger partial charge is 0.466 e. The van der Waals surface area contributed by atoms with Gasteiger partial charge in [0.1, 0.15) is 0 Å². The Kier molecular flexibility index (Phi) is 2.90. The molecule has 0 aromatic heterocycles. The van der Waals surface area contributed by atoms with Crippen LogP contribution in [0.5, 0.6) is 0 Å². The first-order valence-electron chi connectivity index (χ1n) is 4.53. The maximum Gasteiger partial charge on any atom is 0.312 e. The first-order valence-corrected chi connectivity index (χ1v) is 4.53. The zero-order chi connectivity index (χ0) is 9.03. The third kappa shape index (κ3) is 1.52. The summed E-state index contributed by atoms with van der Waals surface area (Å²) in [6, 6.07) is 0. The molecule has 68 valence electrons. The van der Waals surface area contributed by atoms with E-state index in [0.29, 0.717) is 6.61 Å². The van der Waals surface area contributed by atoms with Gasteiger partial charge in [-0.3, -0.25) is 4.79 Å². The van der Waals surface area contributed by atoms with E-state index >= 15 is 0 Å². The van der Waals surface area contributed by atoms with Crippen molar-refractivity contribution in [2.75, 3.05) is 6.61 Å². The number of hydrogen-bond acceptors (Lipinski definition) is 2. The number of carbonyl (C=O) groups excluding carboxylic acids is 1. The molecule has 0 aromatic rings. The molecule has 1 rings (SSSR count). The van der Waals surface area contributed by atoms with Crippen molar-refractivity contribution in [1.82, 2.24) is 0 Å². The van der Waals surface area contributed by atoms with E-state index < -0.39 is 0 Å². The van der Waals surface area contributed by atoms with Crippen LogP contribution < -0.4 is 0 Å². The molecule has 0 bridgehead atoms. The molecule has 0 aliphatic heterocycles. The van der Waals surface area contributed by atoms with Gasteiger partial charge >= 0.3 is 5.97 Å². The van der Waals surface area contributed by atoms with Gasteiger partial charge in [-0.2, -0.15) is 0 Å². The molecule has 0 atom stereocenters. The van der Waals surface area contributed by atoms with Gasteiger partial charge in [0.2, 0.25) is 0 Å². The summed E-state index contributed by atoms with van der Waals surface area (Å²) >= 11 is 0. The van der Waals surface area contributed by atoms with Crippen molar-refractivity contribution in [2.45, 2.75) is 32.6 Å². The fraction of sp³-hybridized carbons (Fsp3) is 0.700. The molecule has 0 unspecified atom stereocenters. The van der Waals surface area contributed by atoms with Crippen molar-refractivity contribution in [3.05, 3.63) is 12.7 Å². The Morgan fingerprint density at radius 3 is 2.67 bits per heavy atom. The quantitative estimate of drug-likeness (QED) is 0.475. The second kappa shape index (κ2) is 3.74. The summed E-state index contributed by atoms with van der Waals surface area (Å²) in [6.07, 6.45) is 5.67. The third-order valence-corrected chi connectivity index (χ3v) is 2.55. The summed E-state index contributed by atoms with van der Waals surface area (Å²) in [6.45, 7) is 5.99. The zero-order valence-corrected chi connectivity index (χ0v) is 7.64. The Morgan fingerprint density at radius 1 is 1.67 bits per heavy atom. The van der Waals surface area contributed by atoms with Crippen LogP contribution in [0.15, 0.2) is 12.7 Å². The molecule has 0 spiro atoms. The maximum atomic E-state index is 11.5. The highest BCUT2D eigenvalue weighted by atomic mass is 16.5. The molecule has 2 heteroatoms. The molecule has 1 saturated carbocycles. The SMILES string of the molecule is C=CCC1(C(=O)OCC)CCC1. The number of esters is 1. The van der Waals surface area contributed by atoms with Crippen LogP contribution in [-0.4, -0.2) is 12.6 Å². The second-order valence-electron chi connectivity index (χ2n) is 3.35. The molecular weight excluding hydrogens is 152 g/mol. The highest BCUT2D eigenvalue weighted by Crippen LogP contribution is 2.45. The van der Waals surface area contributed by atoms with Crippen molar-refractivity contribution in [3.8, 4) is 0 Å². The smallest absolute Gasteiger partial charge is 0.312 e. The average molecular weight is 168 g/mol. The van der Waals surface area contributed by atoms with E-state index in [-0.39, 0.29) is 11.4 Å². The molecule has 0 radical (unpaired) electrons. The van der Waals surface area contributed by atoms with E-state index in [2.05, 4.69) is 6.58 Å². The van der Waals surface area contributed by atoms with Crippen LogP contribution in [-0.2, 0) is 9.53 Å². The molecule has 0 saturated heterocycles. The van der Waals surface area contributed by atoms with Gasteiger partial charge in [0.25, 0.3) is 0 Å². The van der Waals surface area contributed by atoms with Crippen molar-refractivity contribution >= 4 is 5.97 Å². The van der Waals surface area contributed by atoms with Gasteiger partial charge < -0.3 is 4.74 Å². The standard InChI is InChI=1S/C10H16O2/c1-3-6-10(7-5-8-10)9(11)12-4-2/h3H,1,4-8H2,2H3. The van der Waals surface area contributed by atoms with Crippen LogP contribution in [0.4, 0.5) is 0 Å². The molecule has 1 fully saturated rings. The number of ether oxygens (including phenoxy) is 1. The lowest BCUT2D eigenvalue weighted by Gasteiger charge is -2.38. The topological polar surface area (TPSA) is 26.3 Å². The van der Waals surface area contributed by atoms with Crippen LogP contribution in [0.25, 0.3) is 0 Å². The molecular formula is C10H16O2. The Labute approximate surface area is 73.6 Å². The number of carbonyl (C=O) groups is 1. The van der Waals surface area contributed by atoms with Gasteiger partial charge in [-0.1, -0.05) is 12.5 Å². The van der Waals surface area contributed by atoms with Gasteiger partial charge in [0.15, 0.2) is 0 Å². The monoisotopic (exact) mass is 168 g/mol. The number of rotatable bonds is 4. The molecule has 0 aromatic carbocycles. The predicted molar refractivity (Wildman–Crippen MR) is 47.7 cm³/mol. The summed E-state index contributed by atoms with van der Waals surface area (Å²) in [5, 5.41) is 0. The predicted octanol–water partition coefficient (Wildman–Crippen LogP) is 2.30. The lowest BCUT2D eigenvalue weighted by atomic mass is 9.67. The second-order valence-corrected chi connectivity index (χ2v) is 3.35. The minimum absolute atomic E-state index is 0.0313. The summed E-state index contributed by atoms with van der Waals surface area (Å²) in [5.41, 5.74) is -0.197. The molecule has 2 nitrogen and oxygen atoms in total. The van der Waals surface area contributed by atoms with Crippen LogP contribution >= 0.6 is 0 Å². The van der Waals surface area contributed by atoms with Crippen LogP contribution in [0.3, 0.4) is 0 Å². The highest BCUT2D eigenvalue weighted by Gasteiger charge is 2.44. The first-order chi connectivity index (χ1) is 5.75. The van der Waals surface area contributed by atoms with E-state index in [4.69, 9.17) is 4.74 Å². The van der Waals surface area contributed by atoms with E-state index in [9.17, 15) is 4.79 Å². The summed E-state index contributed by atoms with van der Waals surface area (Å²) in [7, 11) is 0. The van der Waals surface area contributed by atoms with E-state index in [1.807, 2.05) is 13.0 Å².